The molecule has 0 spiro atoms. The Morgan fingerprint density at radius 2 is 1.67 bits per heavy atom. The first kappa shape index (κ1) is 38.4. The number of hydrogen-bond acceptors (Lipinski definition) is 7. The van der Waals surface area contributed by atoms with E-state index in [1.54, 1.807) is 48.7 Å². The minimum atomic E-state index is -0.414. The van der Waals surface area contributed by atoms with Gasteiger partial charge in [0.05, 0.1) is 22.9 Å². The van der Waals surface area contributed by atoms with Crippen LogP contribution in [0.1, 0.15) is 76.3 Å². The number of nitrogens with one attached hydrogen (secondary N) is 5. The molecule has 3 aromatic carbocycles. The molecule has 0 atom stereocenters. The Kier molecular flexibility index (Phi) is 12.0. The van der Waals surface area contributed by atoms with Gasteiger partial charge < -0.3 is 31.2 Å². The molecule has 2 aromatic heterocycles. The first-order chi connectivity index (χ1) is 26.5. The van der Waals surface area contributed by atoms with Gasteiger partial charge in [-0.1, -0.05) is 38.1 Å². The molecule has 5 N–H and O–H groups in total. The van der Waals surface area contributed by atoms with E-state index in [1.165, 1.54) is 4.68 Å². The molecular weight excluding hydrogens is 697 g/mol. The third-order valence-corrected chi connectivity index (χ3v) is 9.81. The van der Waals surface area contributed by atoms with Crippen LogP contribution in [0.3, 0.4) is 0 Å². The normalized spacial score (nSPS) is 12.9. The fourth-order valence-electron chi connectivity index (χ4n) is 6.82. The summed E-state index contributed by atoms with van der Waals surface area (Å²) in [6.07, 6.45) is 4.12. The summed E-state index contributed by atoms with van der Waals surface area (Å²) in [7, 11) is 0. The minimum Gasteiger partial charge on any atom is -0.358 e. The van der Waals surface area contributed by atoms with Crippen molar-refractivity contribution in [3.8, 4) is 0 Å². The van der Waals surface area contributed by atoms with Gasteiger partial charge in [-0.05, 0) is 93.0 Å². The lowest BCUT2D eigenvalue weighted by Crippen LogP contribution is -2.35. The molecule has 55 heavy (non-hydrogen) atoms. The maximum Gasteiger partial charge on any atom is 0.323 e. The van der Waals surface area contributed by atoms with E-state index < -0.39 is 6.03 Å². The Balaban J connectivity index is 1.05. The van der Waals surface area contributed by atoms with Crippen LogP contribution in [0.2, 0.25) is 0 Å². The first-order valence-electron chi connectivity index (χ1n) is 18.6. The van der Waals surface area contributed by atoms with Crippen molar-refractivity contribution in [3.05, 3.63) is 107 Å². The molecule has 13 heteroatoms. The molecule has 0 unspecified atom stereocenters. The summed E-state index contributed by atoms with van der Waals surface area (Å²) in [6.45, 7) is 11.0. The summed E-state index contributed by atoms with van der Waals surface area (Å²) in [5.74, 6) is -0.727. The molecule has 0 aliphatic carbocycles. The molecule has 6 rings (SSSR count). The number of anilines is 3. The van der Waals surface area contributed by atoms with Gasteiger partial charge in [0.25, 0.3) is 11.8 Å². The Bertz CT molecular complexity index is 2280. The van der Waals surface area contributed by atoms with Crippen molar-refractivity contribution < 1.29 is 24.0 Å². The summed E-state index contributed by atoms with van der Waals surface area (Å²) in [4.78, 5) is 70.4. The topological polar surface area (TPSA) is 170 Å². The van der Waals surface area contributed by atoms with Crippen LogP contribution in [0.25, 0.3) is 22.6 Å². The molecule has 0 bridgehead atoms. The summed E-state index contributed by atoms with van der Waals surface area (Å²) in [5.41, 5.74) is 6.91. The van der Waals surface area contributed by atoms with E-state index in [9.17, 15) is 24.0 Å². The Labute approximate surface area is 319 Å². The quantitative estimate of drug-likeness (QED) is 0.0734. The SMILES string of the molecule is CCN(CC)CCNC(=O)c1c(C)[nH]c(/C=C2\C(=O)Nc3ccc(CC(=O)CCCC(=O)n4ncc5ccc(NC(=O)Nc6ccccc6)cc54)cc32)c1C. The van der Waals surface area contributed by atoms with Crippen LogP contribution in [0, 0.1) is 13.8 Å². The number of urea groups is 1. The van der Waals surface area contributed by atoms with Crippen molar-refractivity contribution >= 4 is 69.2 Å². The number of benzene rings is 3. The van der Waals surface area contributed by atoms with Crippen molar-refractivity contribution in [3.63, 3.8) is 0 Å². The Morgan fingerprint density at radius 1 is 0.909 bits per heavy atom. The zero-order valence-electron chi connectivity index (χ0n) is 31.5. The highest BCUT2D eigenvalue weighted by Gasteiger charge is 2.26. The number of likely N-dealkylation sites (N-methyl/N-ethyl adjacent to an activating group) is 1. The minimum absolute atomic E-state index is 0.0377. The summed E-state index contributed by atoms with van der Waals surface area (Å²) < 4.78 is 1.30. The second-order valence-electron chi connectivity index (χ2n) is 13.6. The van der Waals surface area contributed by atoms with Gasteiger partial charge in [-0.2, -0.15) is 5.10 Å². The number of Topliss-reactive ketones (excluding diaryl/α,β-unsaturated/α-hetero) is 1. The molecule has 1 aliphatic rings. The number of hydrogen-bond donors (Lipinski definition) is 5. The van der Waals surface area contributed by atoms with Crippen LogP contribution in [-0.2, 0) is 16.0 Å². The zero-order chi connectivity index (χ0) is 39.1. The lowest BCUT2D eigenvalue weighted by Gasteiger charge is -2.18. The molecule has 0 fully saturated rings. The molecule has 5 aromatic rings. The standard InChI is InChI=1S/C42H46N8O5/c1-5-49(6-2)20-19-43-41(54)39-26(3)36(45-27(39)4)24-34-33-22-28(15-18-35(33)48-40(34)53)21-32(51)13-10-14-38(52)50-37-23-31(17-16-29(37)25-44-50)47-42(55)46-30-11-8-7-9-12-30/h7-9,11-12,15-18,22-25,45H,5-6,10,13-14,19-21H2,1-4H3,(H,43,54)(H,48,53)(H2,46,47,55)/b34-24-. The molecule has 284 valence electrons. The first-order valence-corrected chi connectivity index (χ1v) is 18.6. The van der Waals surface area contributed by atoms with Crippen LogP contribution >= 0.6 is 0 Å². The van der Waals surface area contributed by atoms with Crippen LogP contribution in [-0.4, -0.2) is 75.4 Å². The van der Waals surface area contributed by atoms with Gasteiger partial charge in [0.15, 0.2) is 0 Å². The van der Waals surface area contributed by atoms with Gasteiger partial charge in [0, 0.05) is 71.8 Å². The van der Waals surface area contributed by atoms with Crippen molar-refractivity contribution in [2.45, 2.75) is 53.4 Å². The van der Waals surface area contributed by atoms with E-state index in [0.29, 0.717) is 63.6 Å². The number of aromatic nitrogens is 3. The molecule has 4 amide bonds. The predicted molar refractivity (Wildman–Crippen MR) is 215 cm³/mol. The van der Waals surface area contributed by atoms with E-state index in [1.807, 2.05) is 44.2 Å². The molecule has 0 saturated heterocycles. The van der Waals surface area contributed by atoms with Gasteiger partial charge >= 0.3 is 6.03 Å². The van der Waals surface area contributed by atoms with Crippen molar-refractivity contribution in [2.24, 2.45) is 0 Å². The number of rotatable bonds is 15. The largest absolute Gasteiger partial charge is 0.358 e. The van der Waals surface area contributed by atoms with Gasteiger partial charge in [-0.25, -0.2) is 9.48 Å². The van der Waals surface area contributed by atoms with Gasteiger partial charge in [-0.3, -0.25) is 19.2 Å². The predicted octanol–water partition coefficient (Wildman–Crippen LogP) is 6.81. The van der Waals surface area contributed by atoms with E-state index in [0.717, 1.165) is 36.1 Å². The average molecular weight is 743 g/mol. The number of aryl methyl sites for hydroxylation is 1. The van der Waals surface area contributed by atoms with Gasteiger partial charge in [0.1, 0.15) is 5.78 Å². The second kappa shape index (κ2) is 17.2. The molecular formula is C42H46N8O5. The van der Waals surface area contributed by atoms with Crippen molar-refractivity contribution in [2.75, 3.05) is 42.1 Å². The monoisotopic (exact) mass is 742 g/mol. The zero-order valence-corrected chi connectivity index (χ0v) is 31.5. The summed E-state index contributed by atoms with van der Waals surface area (Å²) in [6, 6.07) is 19.3. The Morgan fingerprint density at radius 3 is 2.44 bits per heavy atom. The number of carbonyl (C=O) groups is 5. The van der Waals surface area contributed by atoms with Gasteiger partial charge in [0.2, 0.25) is 5.91 Å². The second-order valence-corrected chi connectivity index (χ2v) is 13.6. The molecule has 13 nitrogen and oxygen atoms in total. The average Bonchev–Trinajstić information content (AvgIpc) is 3.82. The molecule has 0 radical (unpaired) electrons. The highest BCUT2D eigenvalue weighted by molar-refractivity contribution is 6.35. The number of amides is 4. The number of aromatic amines is 1. The third kappa shape index (κ3) is 9.07. The molecule has 0 saturated carbocycles. The van der Waals surface area contributed by atoms with E-state index >= 15 is 0 Å². The smallest absolute Gasteiger partial charge is 0.323 e. The fourth-order valence-corrected chi connectivity index (χ4v) is 6.82. The highest BCUT2D eigenvalue weighted by atomic mass is 16.2. The number of fused-ring (bicyclic) bond motifs is 2. The van der Waals surface area contributed by atoms with Crippen molar-refractivity contribution in [1.82, 2.24) is 25.0 Å². The van der Waals surface area contributed by atoms with Crippen LogP contribution in [0.5, 0.6) is 0 Å². The summed E-state index contributed by atoms with van der Waals surface area (Å²) >= 11 is 0. The van der Waals surface area contributed by atoms with Crippen molar-refractivity contribution in [1.29, 1.82) is 0 Å². The molecule has 3 heterocycles. The lowest BCUT2D eigenvalue weighted by molar-refractivity contribution is -0.118. The van der Waals surface area contributed by atoms with Crippen LogP contribution in [0.15, 0.2) is 72.9 Å². The summed E-state index contributed by atoms with van der Waals surface area (Å²) in [5, 5.41) is 16.5. The van der Waals surface area contributed by atoms with E-state index in [-0.39, 0.29) is 42.8 Å². The fraction of sp³-hybridized carbons (Fsp3) is 0.286. The van der Waals surface area contributed by atoms with Gasteiger partial charge in [-0.15, -0.1) is 0 Å². The molecule has 1 aliphatic heterocycles. The van der Waals surface area contributed by atoms with Crippen LogP contribution < -0.4 is 21.3 Å². The van der Waals surface area contributed by atoms with Crippen LogP contribution in [0.4, 0.5) is 21.9 Å². The third-order valence-electron chi connectivity index (χ3n) is 9.81. The lowest BCUT2D eigenvalue weighted by atomic mass is 9.98. The number of nitrogens with zero attached hydrogens (tertiary/aromatic N) is 3. The number of para-hydroxylation sites is 1. The number of H-pyrrole nitrogens is 1. The Hall–Kier alpha value is -6.34. The van der Waals surface area contributed by atoms with E-state index in [2.05, 4.69) is 50.1 Å². The van der Waals surface area contributed by atoms with E-state index in [4.69, 9.17) is 0 Å². The maximum absolute atomic E-state index is 13.2. The number of ketones is 1. The number of carbonyl (C=O) groups excluding carboxylic acids is 5. The highest BCUT2D eigenvalue weighted by Crippen LogP contribution is 2.35. The maximum atomic E-state index is 13.2.